The zero-order valence-electron chi connectivity index (χ0n) is 17.7. The third-order valence-corrected chi connectivity index (χ3v) is 5.42. The molecule has 0 fully saturated rings. The summed E-state index contributed by atoms with van der Waals surface area (Å²) in [6, 6.07) is 25.2. The molecule has 0 aliphatic carbocycles. The maximum Gasteiger partial charge on any atom is 0.259 e. The molecule has 0 saturated carbocycles. The number of anilines is 1. The minimum absolute atomic E-state index is 0.0826. The van der Waals surface area contributed by atoms with Gasteiger partial charge >= 0.3 is 0 Å². The van der Waals surface area contributed by atoms with E-state index in [1.165, 1.54) is 0 Å². The molecule has 1 amide bonds. The summed E-state index contributed by atoms with van der Waals surface area (Å²) in [7, 11) is 0. The lowest BCUT2D eigenvalue weighted by Gasteiger charge is -2.21. The summed E-state index contributed by atoms with van der Waals surface area (Å²) in [5.41, 5.74) is 3.75. The molecule has 0 N–H and O–H groups in total. The van der Waals surface area contributed by atoms with Crippen molar-refractivity contribution < 1.29 is 9.21 Å². The molecule has 5 aromatic rings. The largest absolute Gasteiger partial charge is 0.467 e. The van der Waals surface area contributed by atoms with Crippen LogP contribution in [0.1, 0.15) is 23.0 Å². The Bertz CT molecular complexity index is 1340. The molecular formula is C26H22N4O2. The first-order chi connectivity index (χ1) is 15.7. The summed E-state index contributed by atoms with van der Waals surface area (Å²) in [6.07, 6.45) is 3.35. The Morgan fingerprint density at radius 2 is 1.75 bits per heavy atom. The maximum absolute atomic E-state index is 13.7. The molecule has 6 heteroatoms. The smallest absolute Gasteiger partial charge is 0.259 e. The summed E-state index contributed by atoms with van der Waals surface area (Å²) >= 11 is 0. The molecule has 5 rings (SSSR count). The van der Waals surface area contributed by atoms with Crippen LogP contribution in [0.3, 0.4) is 0 Å². The van der Waals surface area contributed by atoms with Gasteiger partial charge in [-0.3, -0.25) is 4.79 Å². The normalized spacial score (nSPS) is 11.0. The minimum atomic E-state index is -0.0826. The number of fused-ring (bicyclic) bond motifs is 1. The van der Waals surface area contributed by atoms with Crippen LogP contribution < -0.4 is 4.90 Å². The van der Waals surface area contributed by atoms with E-state index in [1.54, 1.807) is 22.0 Å². The molecular weight excluding hydrogens is 400 g/mol. The lowest BCUT2D eigenvalue weighted by molar-refractivity contribution is 0.0990. The van der Waals surface area contributed by atoms with Crippen molar-refractivity contribution in [3.63, 3.8) is 0 Å². The van der Waals surface area contributed by atoms with Crippen LogP contribution in [0.2, 0.25) is 0 Å². The van der Waals surface area contributed by atoms with Gasteiger partial charge in [-0.1, -0.05) is 48.5 Å². The minimum Gasteiger partial charge on any atom is -0.467 e. The van der Waals surface area contributed by atoms with Crippen molar-refractivity contribution in [2.24, 2.45) is 0 Å². The third-order valence-electron chi connectivity index (χ3n) is 5.42. The first-order valence-electron chi connectivity index (χ1n) is 10.6. The molecule has 0 aliphatic rings. The monoisotopic (exact) mass is 422 g/mol. The van der Waals surface area contributed by atoms with Gasteiger partial charge in [-0.05, 0) is 37.3 Å². The van der Waals surface area contributed by atoms with Gasteiger partial charge in [0.1, 0.15) is 12.3 Å². The Morgan fingerprint density at radius 1 is 1.00 bits per heavy atom. The molecule has 6 nitrogen and oxygen atoms in total. The number of carbonyl (C=O) groups is 1. The average Bonchev–Trinajstić information content (AvgIpc) is 3.51. The molecule has 0 atom stereocenters. The lowest BCUT2D eigenvalue weighted by atomic mass is 10.1. The number of rotatable bonds is 6. The highest BCUT2D eigenvalue weighted by Crippen LogP contribution is 2.28. The number of hydrogen-bond acceptors (Lipinski definition) is 4. The van der Waals surface area contributed by atoms with Gasteiger partial charge in [0.25, 0.3) is 5.91 Å². The van der Waals surface area contributed by atoms with Crippen LogP contribution in [-0.2, 0) is 6.54 Å². The van der Waals surface area contributed by atoms with E-state index in [2.05, 4.69) is 5.10 Å². The lowest BCUT2D eigenvalue weighted by Crippen LogP contribution is -2.30. The number of benzene rings is 2. The van der Waals surface area contributed by atoms with Crippen molar-refractivity contribution in [3.8, 4) is 11.3 Å². The van der Waals surface area contributed by atoms with Gasteiger partial charge in [-0.2, -0.15) is 5.10 Å². The maximum atomic E-state index is 13.7. The first kappa shape index (κ1) is 19.8. The highest BCUT2D eigenvalue weighted by Gasteiger charge is 2.22. The van der Waals surface area contributed by atoms with Gasteiger partial charge in [0.05, 0.1) is 29.1 Å². The summed E-state index contributed by atoms with van der Waals surface area (Å²) in [6.45, 7) is 2.96. The Kier molecular flexibility index (Phi) is 5.25. The fourth-order valence-corrected chi connectivity index (χ4v) is 3.84. The van der Waals surface area contributed by atoms with Crippen molar-refractivity contribution in [3.05, 3.63) is 103 Å². The van der Waals surface area contributed by atoms with E-state index in [-0.39, 0.29) is 5.91 Å². The molecule has 0 bridgehead atoms. The van der Waals surface area contributed by atoms with Crippen LogP contribution in [0.4, 0.5) is 5.69 Å². The van der Waals surface area contributed by atoms with Crippen LogP contribution in [-0.4, -0.2) is 27.2 Å². The number of carbonyl (C=O) groups excluding carboxylic acids is 1. The van der Waals surface area contributed by atoms with E-state index in [4.69, 9.17) is 9.40 Å². The molecule has 0 aliphatic heterocycles. The average molecular weight is 422 g/mol. The Hall–Kier alpha value is -4.19. The molecule has 3 aromatic heterocycles. The molecule has 0 radical (unpaired) electrons. The molecule has 0 saturated heterocycles. The van der Waals surface area contributed by atoms with Crippen molar-refractivity contribution in [1.29, 1.82) is 0 Å². The molecule has 3 heterocycles. The van der Waals surface area contributed by atoms with Gasteiger partial charge in [0.2, 0.25) is 0 Å². The van der Waals surface area contributed by atoms with Crippen LogP contribution >= 0.6 is 0 Å². The fraction of sp³-hybridized carbons (Fsp3) is 0.115. The van der Waals surface area contributed by atoms with E-state index < -0.39 is 0 Å². The van der Waals surface area contributed by atoms with Gasteiger partial charge in [0.15, 0.2) is 5.65 Å². The zero-order valence-corrected chi connectivity index (χ0v) is 17.7. The topological polar surface area (TPSA) is 64.2 Å². The molecule has 0 spiro atoms. The van der Waals surface area contributed by atoms with Gasteiger partial charge in [0, 0.05) is 17.8 Å². The van der Waals surface area contributed by atoms with Gasteiger partial charge in [-0.25, -0.2) is 9.67 Å². The van der Waals surface area contributed by atoms with Crippen molar-refractivity contribution in [2.75, 3.05) is 11.4 Å². The van der Waals surface area contributed by atoms with Gasteiger partial charge < -0.3 is 9.32 Å². The number of para-hydroxylation sites is 1. The summed E-state index contributed by atoms with van der Waals surface area (Å²) < 4.78 is 7.27. The second-order valence-corrected chi connectivity index (χ2v) is 7.42. The summed E-state index contributed by atoms with van der Waals surface area (Å²) in [5.74, 6) is 0.690. The van der Waals surface area contributed by atoms with Crippen LogP contribution in [0.5, 0.6) is 0 Å². The van der Waals surface area contributed by atoms with E-state index in [1.807, 2.05) is 85.8 Å². The molecule has 0 unspecified atom stereocenters. The number of hydrogen-bond donors (Lipinski definition) is 0. The second kappa shape index (κ2) is 8.51. The highest BCUT2D eigenvalue weighted by atomic mass is 16.3. The Labute approximate surface area is 185 Å². The van der Waals surface area contributed by atoms with E-state index in [9.17, 15) is 4.79 Å². The molecule has 158 valence electrons. The first-order valence-corrected chi connectivity index (χ1v) is 10.6. The zero-order chi connectivity index (χ0) is 21.9. The number of furan rings is 1. The standard InChI is InChI=1S/C26H22N4O2/c1-2-29(20-12-7-4-8-13-20)26(31)22-16-24(19-10-5-3-6-11-19)28-25-23(22)17-27-30(25)18-21-14-9-15-32-21/h3-17H,2,18H2,1H3. The van der Waals surface area contributed by atoms with E-state index >= 15 is 0 Å². The Morgan fingerprint density at radius 3 is 2.44 bits per heavy atom. The number of pyridine rings is 1. The summed E-state index contributed by atoms with van der Waals surface area (Å²) in [5, 5.41) is 5.25. The third kappa shape index (κ3) is 3.67. The van der Waals surface area contributed by atoms with Crippen LogP contribution in [0.15, 0.2) is 95.7 Å². The SMILES string of the molecule is CCN(C(=O)c1cc(-c2ccccc2)nc2c1cnn2Cc1ccco1)c1ccccc1. The van der Waals surface area contributed by atoms with Crippen molar-refractivity contribution in [2.45, 2.75) is 13.5 Å². The number of amides is 1. The summed E-state index contributed by atoms with van der Waals surface area (Å²) in [4.78, 5) is 20.4. The predicted octanol–water partition coefficient (Wildman–Crippen LogP) is 5.41. The second-order valence-electron chi connectivity index (χ2n) is 7.42. The number of nitrogens with zero attached hydrogens (tertiary/aromatic N) is 4. The fourth-order valence-electron chi connectivity index (χ4n) is 3.84. The molecule has 32 heavy (non-hydrogen) atoms. The van der Waals surface area contributed by atoms with E-state index in [0.29, 0.717) is 24.3 Å². The van der Waals surface area contributed by atoms with Gasteiger partial charge in [-0.15, -0.1) is 0 Å². The van der Waals surface area contributed by atoms with Crippen molar-refractivity contribution in [1.82, 2.24) is 14.8 Å². The quantitative estimate of drug-likeness (QED) is 0.367. The predicted molar refractivity (Wildman–Crippen MR) is 125 cm³/mol. The number of aromatic nitrogens is 3. The van der Waals surface area contributed by atoms with Crippen molar-refractivity contribution >= 4 is 22.6 Å². The van der Waals surface area contributed by atoms with Crippen LogP contribution in [0, 0.1) is 0 Å². The highest BCUT2D eigenvalue weighted by molar-refractivity contribution is 6.13. The Balaban J connectivity index is 1.67. The van der Waals surface area contributed by atoms with Crippen LogP contribution in [0.25, 0.3) is 22.3 Å². The molecule has 2 aromatic carbocycles. The van der Waals surface area contributed by atoms with E-state index in [0.717, 1.165) is 28.1 Å².